The Hall–Kier alpha value is -2.28. The van der Waals surface area contributed by atoms with Gasteiger partial charge < -0.3 is 9.47 Å². The van der Waals surface area contributed by atoms with E-state index >= 15 is 0 Å². The first kappa shape index (κ1) is 24.4. The fourth-order valence-corrected chi connectivity index (χ4v) is 4.74. The van der Waals surface area contributed by atoms with Gasteiger partial charge in [0.1, 0.15) is 10.9 Å². The van der Waals surface area contributed by atoms with E-state index in [-0.39, 0.29) is 5.91 Å². The number of allylic oxidation sites excluding steroid dienone is 1. The van der Waals surface area contributed by atoms with E-state index in [1.54, 1.807) is 4.90 Å². The van der Waals surface area contributed by atoms with Gasteiger partial charge in [-0.1, -0.05) is 60.7 Å². The largest absolute Gasteiger partial charge is 0.490 e. The second kappa shape index (κ2) is 11.5. The van der Waals surface area contributed by atoms with E-state index in [9.17, 15) is 4.79 Å². The average Bonchev–Trinajstić information content (AvgIpc) is 3.02. The maximum atomic E-state index is 12.7. The number of hydrogen-bond acceptors (Lipinski definition) is 5. The molecule has 32 heavy (non-hydrogen) atoms. The van der Waals surface area contributed by atoms with Crippen molar-refractivity contribution in [1.29, 1.82) is 0 Å². The summed E-state index contributed by atoms with van der Waals surface area (Å²) in [6, 6.07) is 11.5. The number of thiocarbonyl (C=S) groups is 1. The molecule has 1 fully saturated rings. The van der Waals surface area contributed by atoms with E-state index in [0.717, 1.165) is 23.1 Å². The lowest BCUT2D eigenvalue weighted by Gasteiger charge is -2.17. The van der Waals surface area contributed by atoms with E-state index in [1.165, 1.54) is 11.8 Å². The van der Waals surface area contributed by atoms with Crippen LogP contribution in [-0.2, 0) is 17.8 Å². The number of nitrogens with zero attached hydrogens (tertiary/aromatic N) is 1. The third kappa shape index (κ3) is 5.94. The average molecular weight is 488 g/mol. The number of benzene rings is 2. The standard InChI is InChI=1S/C25H26ClNO3S2/c1-4-7-19-13-18(15-22-24(28)27(12-5-2)25(31)32-22)14-21(29-6-3)23(19)30-16-17-8-10-20(26)11-9-17/h4,8-11,13-15H,1,5-7,12,16H2,2-3H3/b22-15+. The third-order valence-corrected chi connectivity index (χ3v) is 6.36. The Morgan fingerprint density at radius 1 is 1.19 bits per heavy atom. The van der Waals surface area contributed by atoms with Gasteiger partial charge in [-0.25, -0.2) is 0 Å². The van der Waals surface area contributed by atoms with Crippen LogP contribution in [0, 0.1) is 0 Å². The number of thioether (sulfide) groups is 1. The molecule has 3 rings (SSSR count). The minimum absolute atomic E-state index is 0.0480. The minimum atomic E-state index is -0.0480. The van der Waals surface area contributed by atoms with Crippen molar-refractivity contribution < 1.29 is 14.3 Å². The maximum Gasteiger partial charge on any atom is 0.266 e. The lowest BCUT2D eigenvalue weighted by molar-refractivity contribution is -0.122. The van der Waals surface area contributed by atoms with Crippen molar-refractivity contribution in [1.82, 2.24) is 4.90 Å². The van der Waals surface area contributed by atoms with Crippen molar-refractivity contribution in [3.8, 4) is 11.5 Å². The third-order valence-electron chi connectivity index (χ3n) is 4.73. The molecule has 1 aliphatic rings. The van der Waals surface area contributed by atoms with Crippen LogP contribution in [0.25, 0.3) is 6.08 Å². The van der Waals surface area contributed by atoms with Crippen molar-refractivity contribution in [2.24, 2.45) is 0 Å². The van der Waals surface area contributed by atoms with Crippen molar-refractivity contribution in [3.63, 3.8) is 0 Å². The topological polar surface area (TPSA) is 38.8 Å². The second-order valence-corrected chi connectivity index (χ2v) is 9.29. The monoisotopic (exact) mass is 487 g/mol. The zero-order chi connectivity index (χ0) is 23.1. The van der Waals surface area contributed by atoms with Crippen molar-refractivity contribution in [2.45, 2.75) is 33.3 Å². The van der Waals surface area contributed by atoms with E-state index in [2.05, 4.69) is 6.58 Å². The van der Waals surface area contributed by atoms with E-state index < -0.39 is 0 Å². The lowest BCUT2D eigenvalue weighted by Crippen LogP contribution is -2.28. The molecule has 0 spiro atoms. The van der Waals surface area contributed by atoms with E-state index in [0.29, 0.717) is 51.9 Å². The zero-order valence-corrected chi connectivity index (χ0v) is 20.6. The molecule has 1 saturated heterocycles. The van der Waals surface area contributed by atoms with Gasteiger partial charge in [-0.2, -0.15) is 0 Å². The molecule has 0 N–H and O–H groups in total. The summed E-state index contributed by atoms with van der Waals surface area (Å²) in [7, 11) is 0. The summed E-state index contributed by atoms with van der Waals surface area (Å²) in [6.07, 6.45) is 5.16. The smallest absolute Gasteiger partial charge is 0.266 e. The van der Waals surface area contributed by atoms with E-state index in [1.807, 2.05) is 62.4 Å². The van der Waals surface area contributed by atoms with Crippen LogP contribution in [0.2, 0.25) is 5.02 Å². The van der Waals surface area contributed by atoms with Crippen molar-refractivity contribution >= 4 is 51.9 Å². The van der Waals surface area contributed by atoms with Crippen LogP contribution in [0.1, 0.15) is 37.0 Å². The molecule has 0 unspecified atom stereocenters. The summed E-state index contributed by atoms with van der Waals surface area (Å²) in [5.74, 6) is 1.27. The van der Waals surface area contributed by atoms with Gasteiger partial charge in [0.15, 0.2) is 11.5 Å². The quantitative estimate of drug-likeness (QED) is 0.213. The van der Waals surface area contributed by atoms with Crippen LogP contribution in [0.5, 0.6) is 11.5 Å². The Labute approximate surface area is 204 Å². The molecule has 0 atom stereocenters. The Morgan fingerprint density at radius 2 is 1.94 bits per heavy atom. The fraction of sp³-hybridized carbons (Fsp3) is 0.280. The Kier molecular flexibility index (Phi) is 8.79. The number of carbonyl (C=O) groups excluding carboxylic acids is 1. The van der Waals surface area contributed by atoms with Gasteiger partial charge in [0.05, 0.1) is 11.5 Å². The van der Waals surface area contributed by atoms with Gasteiger partial charge in [-0.3, -0.25) is 9.69 Å². The Morgan fingerprint density at radius 3 is 2.59 bits per heavy atom. The predicted molar refractivity (Wildman–Crippen MR) is 137 cm³/mol. The molecule has 168 valence electrons. The molecule has 2 aromatic rings. The summed E-state index contributed by atoms with van der Waals surface area (Å²) < 4.78 is 12.7. The fourth-order valence-electron chi connectivity index (χ4n) is 3.30. The normalized spacial score (nSPS) is 14.8. The van der Waals surface area contributed by atoms with Gasteiger partial charge >= 0.3 is 0 Å². The lowest BCUT2D eigenvalue weighted by atomic mass is 10.0. The van der Waals surface area contributed by atoms with Crippen molar-refractivity contribution in [2.75, 3.05) is 13.2 Å². The number of rotatable bonds is 10. The van der Waals surface area contributed by atoms with Gasteiger partial charge in [0, 0.05) is 17.1 Å². The van der Waals surface area contributed by atoms with Gasteiger partial charge in [-0.15, -0.1) is 6.58 Å². The minimum Gasteiger partial charge on any atom is -0.490 e. The Balaban J connectivity index is 1.93. The highest BCUT2D eigenvalue weighted by Gasteiger charge is 2.31. The summed E-state index contributed by atoms with van der Waals surface area (Å²) in [6.45, 7) is 9.34. The van der Waals surface area contributed by atoms with Crippen molar-refractivity contribution in [3.05, 3.63) is 75.7 Å². The molecule has 0 saturated carbocycles. The molecular weight excluding hydrogens is 462 g/mol. The van der Waals surface area contributed by atoms with Crippen LogP contribution in [0.15, 0.2) is 54.0 Å². The number of amides is 1. The highest BCUT2D eigenvalue weighted by Crippen LogP contribution is 2.38. The SMILES string of the molecule is C=CCc1cc(/C=C2/SC(=S)N(CCC)C2=O)cc(OCC)c1OCc1ccc(Cl)cc1. The van der Waals surface area contributed by atoms with Gasteiger partial charge in [0.25, 0.3) is 5.91 Å². The Bertz CT molecular complexity index is 1030. The molecular formula is C25H26ClNO3S2. The van der Waals surface area contributed by atoms with Crippen LogP contribution in [0.3, 0.4) is 0 Å². The number of carbonyl (C=O) groups is 1. The summed E-state index contributed by atoms with van der Waals surface area (Å²) in [4.78, 5) is 15.0. The van der Waals surface area contributed by atoms with Crippen LogP contribution >= 0.6 is 35.6 Å². The molecule has 1 heterocycles. The number of ether oxygens (including phenoxy) is 2. The molecule has 4 nitrogen and oxygen atoms in total. The zero-order valence-electron chi connectivity index (χ0n) is 18.2. The summed E-state index contributed by atoms with van der Waals surface area (Å²) in [5, 5.41) is 0.685. The molecule has 1 amide bonds. The highest BCUT2D eigenvalue weighted by atomic mass is 35.5. The highest BCUT2D eigenvalue weighted by molar-refractivity contribution is 8.26. The summed E-state index contributed by atoms with van der Waals surface area (Å²) >= 11 is 12.7. The molecule has 0 bridgehead atoms. The molecule has 0 aliphatic carbocycles. The molecule has 0 aromatic heterocycles. The summed E-state index contributed by atoms with van der Waals surface area (Å²) in [5.41, 5.74) is 2.81. The molecule has 0 radical (unpaired) electrons. The first-order valence-corrected chi connectivity index (χ1v) is 12.1. The number of hydrogen-bond donors (Lipinski definition) is 0. The first-order chi connectivity index (χ1) is 15.5. The first-order valence-electron chi connectivity index (χ1n) is 10.5. The van der Waals surface area contributed by atoms with Gasteiger partial charge in [-0.05, 0) is 61.2 Å². The maximum absolute atomic E-state index is 12.7. The molecule has 7 heteroatoms. The van der Waals surface area contributed by atoms with Gasteiger partial charge in [0.2, 0.25) is 0 Å². The molecule has 1 aliphatic heterocycles. The second-order valence-electron chi connectivity index (χ2n) is 7.18. The van der Waals surface area contributed by atoms with Crippen LogP contribution in [0.4, 0.5) is 0 Å². The molecule has 2 aromatic carbocycles. The van der Waals surface area contributed by atoms with Crippen LogP contribution in [-0.4, -0.2) is 28.3 Å². The van der Waals surface area contributed by atoms with E-state index in [4.69, 9.17) is 33.3 Å². The number of halogens is 1. The van der Waals surface area contributed by atoms with Crippen LogP contribution < -0.4 is 9.47 Å². The predicted octanol–water partition coefficient (Wildman–Crippen LogP) is 6.66.